The van der Waals surface area contributed by atoms with Crippen molar-refractivity contribution in [3.05, 3.63) is 35.4 Å². The van der Waals surface area contributed by atoms with E-state index in [-0.39, 0.29) is 5.91 Å². The summed E-state index contributed by atoms with van der Waals surface area (Å²) in [5.41, 5.74) is 1.39. The first kappa shape index (κ1) is 12.6. The third-order valence-corrected chi connectivity index (χ3v) is 3.97. The van der Waals surface area contributed by atoms with E-state index in [0.29, 0.717) is 22.5 Å². The number of amides is 1. The zero-order valence-electron chi connectivity index (χ0n) is 10.9. The number of hydrogen-bond donors (Lipinski definition) is 1. The van der Waals surface area contributed by atoms with Gasteiger partial charge < -0.3 is 5.32 Å². The van der Waals surface area contributed by atoms with Crippen molar-refractivity contribution in [3.8, 4) is 6.07 Å². The van der Waals surface area contributed by atoms with Gasteiger partial charge in [0.15, 0.2) is 0 Å². The minimum atomic E-state index is -0.0842. The molecule has 1 amide bonds. The lowest BCUT2D eigenvalue weighted by molar-refractivity contribution is 0.0939. The van der Waals surface area contributed by atoms with Gasteiger partial charge in [0.25, 0.3) is 5.91 Å². The lowest BCUT2D eigenvalue weighted by atomic mass is 9.92. The quantitative estimate of drug-likeness (QED) is 0.882. The van der Waals surface area contributed by atoms with E-state index < -0.39 is 0 Å². The summed E-state index contributed by atoms with van der Waals surface area (Å²) in [5, 5.41) is 11.8. The zero-order valence-corrected chi connectivity index (χ0v) is 10.9. The molecular formula is C15H18N2O. The van der Waals surface area contributed by atoms with Crippen LogP contribution in [0.25, 0.3) is 0 Å². The van der Waals surface area contributed by atoms with E-state index in [2.05, 4.69) is 19.2 Å². The second kappa shape index (κ2) is 4.81. The summed E-state index contributed by atoms with van der Waals surface area (Å²) < 4.78 is 0. The third kappa shape index (κ3) is 2.53. The van der Waals surface area contributed by atoms with Gasteiger partial charge in [-0.2, -0.15) is 5.26 Å². The normalized spacial score (nSPS) is 16.1. The summed E-state index contributed by atoms with van der Waals surface area (Å²) in [7, 11) is 0. The molecular weight excluding hydrogens is 224 g/mol. The third-order valence-electron chi connectivity index (χ3n) is 3.97. The Morgan fingerprint density at radius 2 is 2.22 bits per heavy atom. The van der Waals surface area contributed by atoms with Crippen LogP contribution in [0.5, 0.6) is 0 Å². The Balaban J connectivity index is 1.98. The van der Waals surface area contributed by atoms with Gasteiger partial charge in [0.1, 0.15) is 0 Å². The standard InChI is InChI=1S/C15H18N2O/c1-11(2)15(6-7-15)10-17-14(18)13-5-3-4-12(8-13)9-16/h3-5,8,11H,6-7,10H2,1-2H3,(H,17,18). The molecule has 1 fully saturated rings. The Kier molecular flexibility index (Phi) is 3.38. The maximum Gasteiger partial charge on any atom is 0.251 e. The molecule has 0 aromatic heterocycles. The van der Waals surface area contributed by atoms with Crippen LogP contribution < -0.4 is 5.32 Å². The number of nitrogens with one attached hydrogen (secondary N) is 1. The van der Waals surface area contributed by atoms with Crippen LogP contribution in [-0.2, 0) is 0 Å². The molecule has 94 valence electrons. The fourth-order valence-corrected chi connectivity index (χ4v) is 2.21. The molecule has 1 aliphatic carbocycles. The molecule has 0 radical (unpaired) electrons. The van der Waals surface area contributed by atoms with E-state index in [0.717, 1.165) is 6.54 Å². The molecule has 1 aromatic carbocycles. The predicted octanol–water partition coefficient (Wildman–Crippen LogP) is 2.72. The van der Waals surface area contributed by atoms with Gasteiger partial charge in [-0.05, 0) is 42.4 Å². The van der Waals surface area contributed by atoms with Crippen molar-refractivity contribution < 1.29 is 4.79 Å². The molecule has 18 heavy (non-hydrogen) atoms. The minimum absolute atomic E-state index is 0.0842. The average molecular weight is 242 g/mol. The molecule has 0 spiro atoms. The summed E-state index contributed by atoms with van der Waals surface area (Å²) >= 11 is 0. The van der Waals surface area contributed by atoms with Crippen LogP contribution >= 0.6 is 0 Å². The molecule has 0 unspecified atom stereocenters. The molecule has 0 aliphatic heterocycles. The number of nitrogens with zero attached hydrogens (tertiary/aromatic N) is 1. The maximum atomic E-state index is 12.0. The SMILES string of the molecule is CC(C)C1(CNC(=O)c2cccc(C#N)c2)CC1. The fourth-order valence-electron chi connectivity index (χ4n) is 2.21. The van der Waals surface area contributed by atoms with Crippen LogP contribution in [0.3, 0.4) is 0 Å². The van der Waals surface area contributed by atoms with Crippen molar-refractivity contribution in [2.45, 2.75) is 26.7 Å². The van der Waals surface area contributed by atoms with Gasteiger partial charge in [-0.3, -0.25) is 4.79 Å². The number of carbonyl (C=O) groups excluding carboxylic acids is 1. The topological polar surface area (TPSA) is 52.9 Å². The molecule has 0 bridgehead atoms. The van der Waals surface area contributed by atoms with Gasteiger partial charge in [0.2, 0.25) is 0 Å². The summed E-state index contributed by atoms with van der Waals surface area (Å²) in [6.07, 6.45) is 2.40. The molecule has 3 nitrogen and oxygen atoms in total. The highest BCUT2D eigenvalue weighted by Gasteiger charge is 2.45. The molecule has 1 saturated carbocycles. The van der Waals surface area contributed by atoms with Gasteiger partial charge in [-0.25, -0.2) is 0 Å². The molecule has 3 heteroatoms. The molecule has 0 heterocycles. The monoisotopic (exact) mass is 242 g/mol. The van der Waals surface area contributed by atoms with Crippen molar-refractivity contribution >= 4 is 5.91 Å². The predicted molar refractivity (Wildman–Crippen MR) is 70.0 cm³/mol. The summed E-state index contributed by atoms with van der Waals surface area (Å²) in [4.78, 5) is 12.0. The first-order chi connectivity index (χ1) is 8.57. The Bertz CT molecular complexity index is 495. The first-order valence-corrected chi connectivity index (χ1v) is 6.36. The number of benzene rings is 1. The van der Waals surface area contributed by atoms with Crippen molar-refractivity contribution in [1.82, 2.24) is 5.32 Å². The summed E-state index contributed by atoms with van der Waals surface area (Å²) in [5.74, 6) is 0.516. The lowest BCUT2D eigenvalue weighted by Crippen LogP contribution is -2.32. The van der Waals surface area contributed by atoms with Gasteiger partial charge in [0, 0.05) is 12.1 Å². The maximum absolute atomic E-state index is 12.0. The smallest absolute Gasteiger partial charge is 0.251 e. The van der Waals surface area contributed by atoms with Gasteiger partial charge >= 0.3 is 0 Å². The van der Waals surface area contributed by atoms with Crippen LogP contribution in [0.4, 0.5) is 0 Å². The van der Waals surface area contributed by atoms with Gasteiger partial charge in [-0.15, -0.1) is 0 Å². The van der Waals surface area contributed by atoms with E-state index in [1.54, 1.807) is 24.3 Å². The fraction of sp³-hybridized carbons (Fsp3) is 0.467. The molecule has 2 rings (SSSR count). The summed E-state index contributed by atoms with van der Waals surface area (Å²) in [6, 6.07) is 8.86. The Hall–Kier alpha value is -1.82. The van der Waals surface area contributed by atoms with Crippen molar-refractivity contribution in [1.29, 1.82) is 5.26 Å². The highest BCUT2D eigenvalue weighted by atomic mass is 16.1. The molecule has 1 N–H and O–H groups in total. The second-order valence-corrected chi connectivity index (χ2v) is 5.39. The Morgan fingerprint density at radius 1 is 1.50 bits per heavy atom. The van der Waals surface area contributed by atoms with E-state index >= 15 is 0 Å². The largest absolute Gasteiger partial charge is 0.351 e. The summed E-state index contributed by atoms with van der Waals surface area (Å²) in [6.45, 7) is 5.14. The first-order valence-electron chi connectivity index (χ1n) is 6.36. The second-order valence-electron chi connectivity index (χ2n) is 5.39. The zero-order chi connectivity index (χ0) is 13.2. The van der Waals surface area contributed by atoms with Crippen LogP contribution in [0, 0.1) is 22.7 Å². The van der Waals surface area contributed by atoms with Crippen LogP contribution in [0.1, 0.15) is 42.6 Å². The van der Waals surface area contributed by atoms with Gasteiger partial charge in [-0.1, -0.05) is 19.9 Å². The van der Waals surface area contributed by atoms with E-state index in [4.69, 9.17) is 5.26 Å². The number of rotatable bonds is 4. The van der Waals surface area contributed by atoms with Crippen molar-refractivity contribution in [3.63, 3.8) is 0 Å². The Morgan fingerprint density at radius 3 is 2.78 bits per heavy atom. The van der Waals surface area contributed by atoms with E-state index in [1.165, 1.54) is 12.8 Å². The number of carbonyl (C=O) groups is 1. The number of hydrogen-bond acceptors (Lipinski definition) is 2. The number of nitriles is 1. The molecule has 1 aliphatic rings. The highest BCUT2D eigenvalue weighted by Crippen LogP contribution is 2.51. The lowest BCUT2D eigenvalue weighted by Gasteiger charge is -2.20. The minimum Gasteiger partial charge on any atom is -0.351 e. The van der Waals surface area contributed by atoms with Crippen LogP contribution in [0.2, 0.25) is 0 Å². The van der Waals surface area contributed by atoms with Crippen molar-refractivity contribution in [2.24, 2.45) is 11.3 Å². The molecule has 1 aromatic rings. The Labute approximate surface area is 108 Å². The van der Waals surface area contributed by atoms with E-state index in [9.17, 15) is 4.79 Å². The van der Waals surface area contributed by atoms with Crippen LogP contribution in [0.15, 0.2) is 24.3 Å². The van der Waals surface area contributed by atoms with Crippen molar-refractivity contribution in [2.75, 3.05) is 6.54 Å². The van der Waals surface area contributed by atoms with E-state index in [1.807, 2.05) is 6.07 Å². The average Bonchev–Trinajstić information content (AvgIpc) is 3.17. The van der Waals surface area contributed by atoms with Crippen LogP contribution in [-0.4, -0.2) is 12.5 Å². The molecule has 0 saturated heterocycles. The molecule has 0 atom stereocenters. The van der Waals surface area contributed by atoms with Gasteiger partial charge in [0.05, 0.1) is 11.6 Å². The highest BCUT2D eigenvalue weighted by molar-refractivity contribution is 5.94.